The van der Waals surface area contributed by atoms with Gasteiger partial charge in [-0.3, -0.25) is 4.98 Å². The van der Waals surface area contributed by atoms with Crippen molar-refractivity contribution in [3.8, 4) is 0 Å². The Kier molecular flexibility index (Phi) is 3.63. The van der Waals surface area contributed by atoms with Crippen molar-refractivity contribution in [2.75, 3.05) is 0 Å². The van der Waals surface area contributed by atoms with Crippen LogP contribution >= 0.6 is 0 Å². The molecule has 1 aromatic rings. The molecule has 1 aromatic heterocycles. The van der Waals surface area contributed by atoms with E-state index in [1.165, 1.54) is 12.1 Å². The molecule has 1 rings (SSSR count). The average Bonchev–Trinajstić information content (AvgIpc) is 1.88. The fraction of sp³-hybridized carbons (Fsp3) is 0.167. The minimum atomic E-state index is -4.37. The van der Waals surface area contributed by atoms with Gasteiger partial charge in [-0.25, -0.2) is 12.1 Å². The second kappa shape index (κ2) is 3.79. The Balaban J connectivity index is 0.000001000. The molecule has 0 aliphatic rings. The summed E-state index contributed by atoms with van der Waals surface area (Å²) in [4.78, 5) is 3.07. The van der Waals surface area contributed by atoms with E-state index in [9.17, 15) is 13.2 Å². The first-order valence-corrected chi connectivity index (χ1v) is 2.50. The van der Waals surface area contributed by atoms with Crippen LogP contribution in [0.15, 0.2) is 18.3 Å². The van der Waals surface area contributed by atoms with Crippen molar-refractivity contribution in [1.29, 1.82) is 0 Å². The molecule has 0 unspecified atom stereocenters. The van der Waals surface area contributed by atoms with Gasteiger partial charge in [0.1, 0.15) is 0 Å². The van der Waals surface area contributed by atoms with Crippen LogP contribution < -0.4 is 18.9 Å². The molecular formula is C6H3F3LiN. The number of hydrogen-bond donors (Lipinski definition) is 0. The maximum Gasteiger partial charge on any atom is 1.00 e. The van der Waals surface area contributed by atoms with Gasteiger partial charge in [0.15, 0.2) is 0 Å². The number of rotatable bonds is 0. The summed E-state index contributed by atoms with van der Waals surface area (Å²) in [5.41, 5.74) is -0.977. The maximum absolute atomic E-state index is 11.7. The minimum absolute atomic E-state index is 0. The summed E-state index contributed by atoms with van der Waals surface area (Å²) in [5.74, 6) is 0. The van der Waals surface area contributed by atoms with Gasteiger partial charge in [0.25, 0.3) is 0 Å². The maximum atomic E-state index is 11.7. The monoisotopic (exact) mass is 153 g/mol. The van der Waals surface area contributed by atoms with E-state index in [0.29, 0.717) is 0 Å². The topological polar surface area (TPSA) is 12.9 Å². The fourth-order valence-electron chi connectivity index (χ4n) is 0.480. The molecule has 1 nitrogen and oxygen atoms in total. The van der Waals surface area contributed by atoms with Crippen molar-refractivity contribution in [3.63, 3.8) is 0 Å². The van der Waals surface area contributed by atoms with Gasteiger partial charge >= 0.3 is 25.0 Å². The van der Waals surface area contributed by atoms with Crippen LogP contribution in [0.5, 0.6) is 0 Å². The van der Waals surface area contributed by atoms with Crippen molar-refractivity contribution in [2.45, 2.75) is 6.18 Å². The average molecular weight is 153 g/mol. The van der Waals surface area contributed by atoms with E-state index >= 15 is 0 Å². The number of hydrogen-bond acceptors (Lipinski definition) is 1. The molecule has 5 heteroatoms. The smallest absolute Gasteiger partial charge is 0.291 e. The van der Waals surface area contributed by atoms with Crippen LogP contribution in [-0.4, -0.2) is 4.98 Å². The van der Waals surface area contributed by atoms with Gasteiger partial charge in [-0.2, -0.15) is 19.2 Å². The summed E-state index contributed by atoms with van der Waals surface area (Å²) in [6, 6.07) is 4.53. The van der Waals surface area contributed by atoms with E-state index in [1.54, 1.807) is 0 Å². The van der Waals surface area contributed by atoms with Crippen LogP contribution in [0, 0.1) is 6.07 Å². The molecule has 0 aromatic carbocycles. The zero-order valence-electron chi connectivity index (χ0n) is 5.81. The van der Waals surface area contributed by atoms with E-state index < -0.39 is 11.9 Å². The van der Waals surface area contributed by atoms with Crippen LogP contribution in [0.4, 0.5) is 13.2 Å². The van der Waals surface area contributed by atoms with Gasteiger partial charge in [-0.15, -0.1) is 0 Å². The third-order valence-electron chi connectivity index (χ3n) is 0.874. The summed E-state index contributed by atoms with van der Waals surface area (Å²) >= 11 is 0. The molecule has 0 aliphatic carbocycles. The predicted octanol–water partition coefficient (Wildman–Crippen LogP) is -1.10. The molecule has 0 saturated heterocycles. The molecule has 11 heavy (non-hydrogen) atoms. The first kappa shape index (κ1) is 10.5. The van der Waals surface area contributed by atoms with Crippen LogP contribution in [0.2, 0.25) is 0 Å². The van der Waals surface area contributed by atoms with E-state index in [0.717, 1.165) is 6.20 Å². The van der Waals surface area contributed by atoms with Crippen LogP contribution in [-0.2, 0) is 6.18 Å². The van der Waals surface area contributed by atoms with E-state index in [4.69, 9.17) is 0 Å². The Morgan fingerprint density at radius 3 is 2.27 bits per heavy atom. The van der Waals surface area contributed by atoms with Gasteiger partial charge in [0.2, 0.25) is 0 Å². The Hall–Kier alpha value is -0.463. The van der Waals surface area contributed by atoms with Crippen LogP contribution in [0.3, 0.4) is 0 Å². The molecule has 54 valence electrons. The zero-order valence-corrected chi connectivity index (χ0v) is 5.81. The Labute approximate surface area is 73.8 Å². The van der Waals surface area contributed by atoms with Crippen LogP contribution in [0.1, 0.15) is 5.69 Å². The van der Waals surface area contributed by atoms with Crippen molar-refractivity contribution >= 4 is 0 Å². The van der Waals surface area contributed by atoms with E-state index in [-0.39, 0.29) is 18.9 Å². The van der Waals surface area contributed by atoms with Crippen molar-refractivity contribution in [1.82, 2.24) is 4.98 Å². The largest absolute Gasteiger partial charge is 1.00 e. The summed E-state index contributed by atoms with van der Waals surface area (Å²) in [6.45, 7) is 0. The molecule has 0 aliphatic heterocycles. The molecule has 0 spiro atoms. The quantitative estimate of drug-likeness (QED) is 0.340. The van der Waals surface area contributed by atoms with Crippen molar-refractivity contribution in [3.05, 3.63) is 30.1 Å². The SMILES string of the molecule is FC(F)(F)c1[c-]cccn1.[Li+]. The Morgan fingerprint density at radius 2 is 2.00 bits per heavy atom. The minimum Gasteiger partial charge on any atom is -0.291 e. The number of halogens is 3. The third kappa shape index (κ3) is 2.96. The summed E-state index contributed by atoms with van der Waals surface area (Å²) in [6.07, 6.45) is -3.29. The standard InChI is InChI=1S/C6H3F3N.Li/c7-6(8,9)5-3-1-2-4-10-5;/h1-2,4H;/q-1;+1. The summed E-state index contributed by atoms with van der Waals surface area (Å²) < 4.78 is 35.1. The summed E-state index contributed by atoms with van der Waals surface area (Å²) in [5, 5.41) is 0. The molecule has 0 atom stereocenters. The molecule has 1 heterocycles. The molecule has 0 radical (unpaired) electrons. The summed E-state index contributed by atoms with van der Waals surface area (Å²) in [7, 11) is 0. The zero-order chi connectivity index (χ0) is 7.61. The Morgan fingerprint density at radius 1 is 1.36 bits per heavy atom. The fourth-order valence-corrected chi connectivity index (χ4v) is 0.480. The molecule has 0 saturated carbocycles. The van der Waals surface area contributed by atoms with Gasteiger partial charge in [0.05, 0.1) is 5.69 Å². The second-order valence-corrected chi connectivity index (χ2v) is 1.63. The molecular weight excluding hydrogens is 150 g/mol. The normalized spacial score (nSPS) is 10.5. The molecule has 0 N–H and O–H groups in total. The van der Waals surface area contributed by atoms with Gasteiger partial charge in [0, 0.05) is 0 Å². The Bertz CT molecular complexity index is 209. The number of alkyl halides is 3. The van der Waals surface area contributed by atoms with Crippen molar-refractivity contribution < 1.29 is 32.0 Å². The van der Waals surface area contributed by atoms with E-state index in [2.05, 4.69) is 4.98 Å². The van der Waals surface area contributed by atoms with Crippen molar-refractivity contribution in [2.24, 2.45) is 0 Å². The van der Waals surface area contributed by atoms with Gasteiger partial charge in [-0.05, 0) is 0 Å². The number of nitrogens with zero attached hydrogens (tertiary/aromatic N) is 1. The molecule has 0 bridgehead atoms. The third-order valence-corrected chi connectivity index (χ3v) is 0.874. The number of pyridine rings is 1. The predicted molar refractivity (Wildman–Crippen MR) is 28.1 cm³/mol. The van der Waals surface area contributed by atoms with Gasteiger partial charge < -0.3 is 0 Å². The van der Waals surface area contributed by atoms with Crippen LogP contribution in [0.25, 0.3) is 0 Å². The molecule has 0 amide bonds. The second-order valence-electron chi connectivity index (χ2n) is 1.63. The van der Waals surface area contributed by atoms with Gasteiger partial charge in [-0.1, -0.05) is 6.20 Å². The first-order valence-electron chi connectivity index (χ1n) is 2.50. The van der Waals surface area contributed by atoms with E-state index in [1.807, 2.05) is 6.07 Å². The molecule has 0 fully saturated rings. The first-order chi connectivity index (χ1) is 4.61. The number of aromatic nitrogens is 1.